The molecular formula is C16H26N4O2. The van der Waals surface area contributed by atoms with Crippen molar-refractivity contribution in [1.82, 2.24) is 16.0 Å². The van der Waals surface area contributed by atoms with Crippen LogP contribution >= 0.6 is 0 Å². The molecule has 22 heavy (non-hydrogen) atoms. The van der Waals surface area contributed by atoms with E-state index in [1.54, 1.807) is 25.3 Å². The van der Waals surface area contributed by atoms with E-state index >= 15 is 0 Å². The van der Waals surface area contributed by atoms with Crippen molar-refractivity contribution in [3.05, 3.63) is 29.8 Å². The summed E-state index contributed by atoms with van der Waals surface area (Å²) in [5.41, 5.74) is 0.589. The molecule has 6 nitrogen and oxygen atoms in total. The van der Waals surface area contributed by atoms with Crippen molar-refractivity contribution in [2.24, 2.45) is 4.99 Å². The molecule has 0 spiro atoms. The maximum Gasteiger partial charge on any atom is 0.251 e. The second-order valence-electron chi connectivity index (χ2n) is 4.68. The van der Waals surface area contributed by atoms with Crippen molar-refractivity contribution in [2.45, 2.75) is 20.3 Å². The minimum Gasteiger partial charge on any atom is -0.497 e. The minimum atomic E-state index is -0.115. The molecule has 0 fully saturated rings. The predicted octanol–water partition coefficient (Wildman–Crippen LogP) is 1.39. The van der Waals surface area contributed by atoms with Gasteiger partial charge >= 0.3 is 0 Å². The van der Waals surface area contributed by atoms with Crippen LogP contribution in [0, 0.1) is 0 Å². The van der Waals surface area contributed by atoms with Gasteiger partial charge in [-0.15, -0.1) is 0 Å². The molecule has 0 saturated heterocycles. The van der Waals surface area contributed by atoms with Crippen LogP contribution in [0.1, 0.15) is 30.6 Å². The minimum absolute atomic E-state index is 0.115. The van der Waals surface area contributed by atoms with Crippen LogP contribution in [-0.4, -0.2) is 45.2 Å². The van der Waals surface area contributed by atoms with Gasteiger partial charge in [-0.3, -0.25) is 9.79 Å². The molecule has 1 amide bonds. The number of carbonyl (C=O) groups is 1. The Morgan fingerprint density at radius 1 is 1.18 bits per heavy atom. The molecule has 3 N–H and O–H groups in total. The number of hydrogen-bond donors (Lipinski definition) is 3. The second kappa shape index (κ2) is 10.5. The van der Waals surface area contributed by atoms with E-state index in [9.17, 15) is 4.79 Å². The van der Waals surface area contributed by atoms with Crippen molar-refractivity contribution in [3.8, 4) is 5.75 Å². The number of carbonyl (C=O) groups excluding carboxylic acids is 1. The molecule has 0 aromatic heterocycles. The van der Waals surface area contributed by atoms with Crippen LogP contribution in [0.15, 0.2) is 29.3 Å². The summed E-state index contributed by atoms with van der Waals surface area (Å²) in [4.78, 5) is 16.4. The highest BCUT2D eigenvalue weighted by Gasteiger charge is 2.05. The van der Waals surface area contributed by atoms with Crippen molar-refractivity contribution < 1.29 is 9.53 Å². The lowest BCUT2D eigenvalue weighted by molar-refractivity contribution is 0.0954. The summed E-state index contributed by atoms with van der Waals surface area (Å²) >= 11 is 0. The molecule has 0 aliphatic carbocycles. The third-order valence-corrected chi connectivity index (χ3v) is 2.87. The van der Waals surface area contributed by atoms with Crippen LogP contribution < -0.4 is 20.7 Å². The number of aliphatic imine (C=N–C) groups is 1. The monoisotopic (exact) mass is 306 g/mol. The fourth-order valence-corrected chi connectivity index (χ4v) is 1.79. The molecule has 122 valence electrons. The number of nitrogens with one attached hydrogen (secondary N) is 3. The van der Waals surface area contributed by atoms with E-state index < -0.39 is 0 Å². The van der Waals surface area contributed by atoms with Crippen LogP contribution in [0.2, 0.25) is 0 Å². The number of methoxy groups -OCH3 is 1. The lowest BCUT2D eigenvalue weighted by Gasteiger charge is -2.12. The average Bonchev–Trinajstić information content (AvgIpc) is 2.56. The smallest absolute Gasteiger partial charge is 0.251 e. The number of hydrogen-bond acceptors (Lipinski definition) is 3. The summed E-state index contributed by atoms with van der Waals surface area (Å²) in [6.07, 6.45) is 1.00. The summed E-state index contributed by atoms with van der Waals surface area (Å²) in [5.74, 6) is 1.34. The van der Waals surface area contributed by atoms with Crippen LogP contribution in [-0.2, 0) is 0 Å². The lowest BCUT2D eigenvalue weighted by atomic mass is 10.2. The highest BCUT2D eigenvalue weighted by Crippen LogP contribution is 2.11. The Bertz CT molecular complexity index is 489. The Kier molecular flexibility index (Phi) is 8.49. The van der Waals surface area contributed by atoms with E-state index in [0.29, 0.717) is 24.4 Å². The van der Waals surface area contributed by atoms with Gasteiger partial charge in [0.05, 0.1) is 7.11 Å². The molecule has 0 atom stereocenters. The van der Waals surface area contributed by atoms with Gasteiger partial charge in [0.15, 0.2) is 5.96 Å². The van der Waals surface area contributed by atoms with Crippen LogP contribution in [0.25, 0.3) is 0 Å². The molecule has 1 rings (SSSR count). The van der Waals surface area contributed by atoms with E-state index in [1.807, 2.05) is 13.0 Å². The molecule has 0 saturated carbocycles. The Hall–Kier alpha value is -2.24. The zero-order valence-electron chi connectivity index (χ0n) is 13.6. The Balaban J connectivity index is 2.37. The molecule has 0 unspecified atom stereocenters. The quantitative estimate of drug-likeness (QED) is 0.385. The van der Waals surface area contributed by atoms with Crippen LogP contribution in [0.3, 0.4) is 0 Å². The standard InChI is InChI=1S/C16H26N4O2/c1-4-9-19-16(17-5-2)20-11-10-18-15(21)13-7-6-8-14(12-13)22-3/h6-8,12H,4-5,9-11H2,1-3H3,(H,18,21)(H2,17,19,20). The van der Waals surface area contributed by atoms with Crippen molar-refractivity contribution in [3.63, 3.8) is 0 Å². The van der Waals surface area contributed by atoms with Crippen molar-refractivity contribution >= 4 is 11.9 Å². The van der Waals surface area contributed by atoms with E-state index in [4.69, 9.17) is 4.74 Å². The number of rotatable bonds is 8. The maximum atomic E-state index is 12.0. The maximum absolute atomic E-state index is 12.0. The summed E-state index contributed by atoms with van der Waals surface area (Å²) in [6, 6.07) is 7.09. The zero-order valence-corrected chi connectivity index (χ0v) is 13.6. The first-order chi connectivity index (χ1) is 10.7. The van der Waals surface area contributed by atoms with Gasteiger partial charge in [-0.2, -0.15) is 0 Å². The Morgan fingerprint density at radius 2 is 1.95 bits per heavy atom. The molecule has 0 aliphatic heterocycles. The van der Waals surface area contributed by atoms with E-state index in [0.717, 1.165) is 25.5 Å². The van der Waals surface area contributed by atoms with Gasteiger partial charge in [-0.05, 0) is 31.5 Å². The van der Waals surface area contributed by atoms with Gasteiger partial charge in [-0.25, -0.2) is 0 Å². The molecule has 6 heteroatoms. The third kappa shape index (κ3) is 6.47. The summed E-state index contributed by atoms with van der Waals surface area (Å²) in [5, 5.41) is 9.21. The van der Waals surface area contributed by atoms with E-state index in [-0.39, 0.29) is 5.91 Å². The average molecular weight is 306 g/mol. The molecule has 0 radical (unpaired) electrons. The number of nitrogens with zero attached hydrogens (tertiary/aromatic N) is 1. The molecule has 0 bridgehead atoms. The number of amides is 1. The fraction of sp³-hybridized carbons (Fsp3) is 0.500. The summed E-state index contributed by atoms with van der Waals surface area (Å²) in [6.45, 7) is 6.84. The first-order valence-electron chi connectivity index (χ1n) is 7.65. The Morgan fingerprint density at radius 3 is 2.64 bits per heavy atom. The normalized spacial score (nSPS) is 11.0. The predicted molar refractivity (Wildman–Crippen MR) is 89.6 cm³/mol. The molecule has 0 heterocycles. The van der Waals surface area contributed by atoms with Crippen molar-refractivity contribution in [2.75, 3.05) is 33.3 Å². The second-order valence-corrected chi connectivity index (χ2v) is 4.68. The van der Waals surface area contributed by atoms with Gasteiger partial charge < -0.3 is 20.7 Å². The molecular weight excluding hydrogens is 280 g/mol. The third-order valence-electron chi connectivity index (χ3n) is 2.87. The van der Waals surface area contributed by atoms with Gasteiger partial charge in [0.1, 0.15) is 5.75 Å². The molecule has 0 aliphatic rings. The first-order valence-corrected chi connectivity index (χ1v) is 7.65. The van der Waals surface area contributed by atoms with E-state index in [1.165, 1.54) is 0 Å². The first kappa shape index (κ1) is 17.8. The zero-order chi connectivity index (χ0) is 16.2. The number of guanidine groups is 1. The fourth-order valence-electron chi connectivity index (χ4n) is 1.79. The number of benzene rings is 1. The van der Waals surface area contributed by atoms with Crippen molar-refractivity contribution in [1.29, 1.82) is 0 Å². The highest BCUT2D eigenvalue weighted by molar-refractivity contribution is 5.94. The molecule has 1 aromatic rings. The van der Waals surface area contributed by atoms with Crippen LogP contribution in [0.4, 0.5) is 0 Å². The topological polar surface area (TPSA) is 74.8 Å². The van der Waals surface area contributed by atoms with Crippen LogP contribution in [0.5, 0.6) is 5.75 Å². The lowest BCUT2D eigenvalue weighted by Crippen LogP contribution is -2.41. The summed E-state index contributed by atoms with van der Waals surface area (Å²) in [7, 11) is 1.58. The van der Waals surface area contributed by atoms with E-state index in [2.05, 4.69) is 27.9 Å². The SMILES string of the molecule is CCCN=C(NCC)NCCNC(=O)c1cccc(OC)c1. The van der Waals surface area contributed by atoms with Gasteiger partial charge in [0.25, 0.3) is 5.91 Å². The van der Waals surface area contributed by atoms with Gasteiger partial charge in [0.2, 0.25) is 0 Å². The largest absolute Gasteiger partial charge is 0.497 e. The van der Waals surface area contributed by atoms with Gasteiger partial charge in [-0.1, -0.05) is 13.0 Å². The van der Waals surface area contributed by atoms with Gasteiger partial charge in [0, 0.05) is 31.7 Å². The highest BCUT2D eigenvalue weighted by atomic mass is 16.5. The summed E-state index contributed by atoms with van der Waals surface area (Å²) < 4.78 is 5.11. The Labute approximate surface area is 132 Å². The molecule has 1 aromatic carbocycles. The number of ether oxygens (including phenoxy) is 1.